The first-order chi connectivity index (χ1) is 12.2. The van der Waals surface area contributed by atoms with Crippen LogP contribution in [0, 0.1) is 11.8 Å². The summed E-state index contributed by atoms with van der Waals surface area (Å²) in [6.45, 7) is 4.89. The molecule has 4 aliphatic heterocycles. The Labute approximate surface area is 159 Å². The fourth-order valence-corrected chi connectivity index (χ4v) is 5.23. The number of nitrogens with zero attached hydrogens (tertiary/aromatic N) is 4. The number of imidazole rings is 1. The summed E-state index contributed by atoms with van der Waals surface area (Å²) in [7, 11) is 0. The van der Waals surface area contributed by atoms with Gasteiger partial charge in [-0.25, -0.2) is 4.98 Å². The molecule has 0 spiro atoms. The van der Waals surface area contributed by atoms with Crippen LogP contribution in [0.1, 0.15) is 42.0 Å². The van der Waals surface area contributed by atoms with Crippen LogP contribution in [0.2, 0.25) is 0 Å². The van der Waals surface area contributed by atoms with Crippen molar-refractivity contribution in [2.45, 2.75) is 44.8 Å². The third-order valence-corrected chi connectivity index (χ3v) is 6.36. The third-order valence-electron chi connectivity index (χ3n) is 6.36. The molecule has 0 aliphatic carbocycles. The number of halogens is 1. The zero-order valence-corrected chi connectivity index (χ0v) is 15.7. The Bertz CT molecular complexity index is 697. The predicted octanol–water partition coefficient (Wildman–Crippen LogP) is 0.881. The summed E-state index contributed by atoms with van der Waals surface area (Å²) in [4.78, 5) is 33.9. The van der Waals surface area contributed by atoms with Crippen LogP contribution in [0.15, 0.2) is 6.20 Å². The number of fused-ring (bicyclic) bond motifs is 5. The molecule has 0 radical (unpaired) electrons. The van der Waals surface area contributed by atoms with E-state index in [0.717, 1.165) is 64.4 Å². The van der Waals surface area contributed by atoms with Gasteiger partial charge in [-0.1, -0.05) is 0 Å². The second kappa shape index (κ2) is 6.85. The molecular formula is C18H26ClN5O2. The molecule has 2 bridgehead atoms. The number of amides is 2. The molecule has 2 unspecified atom stereocenters. The number of hydrogen-bond acceptors (Lipinski definition) is 4. The summed E-state index contributed by atoms with van der Waals surface area (Å²) in [6, 6.07) is 0.340. The van der Waals surface area contributed by atoms with E-state index in [4.69, 9.17) is 0 Å². The van der Waals surface area contributed by atoms with Gasteiger partial charge >= 0.3 is 0 Å². The van der Waals surface area contributed by atoms with E-state index in [1.807, 2.05) is 11.1 Å². The van der Waals surface area contributed by atoms with E-state index in [-0.39, 0.29) is 18.3 Å². The highest BCUT2D eigenvalue weighted by Crippen LogP contribution is 2.38. The minimum Gasteiger partial charge on any atom is -0.339 e. The van der Waals surface area contributed by atoms with E-state index in [1.165, 1.54) is 0 Å². The van der Waals surface area contributed by atoms with Crippen molar-refractivity contribution < 1.29 is 9.59 Å². The zero-order valence-electron chi connectivity index (χ0n) is 14.9. The molecule has 2 amide bonds. The normalized spacial score (nSPS) is 30.3. The number of hydrogen-bond donors (Lipinski definition) is 1. The van der Waals surface area contributed by atoms with E-state index in [1.54, 1.807) is 0 Å². The maximum Gasteiger partial charge on any atom is 0.274 e. The Morgan fingerprint density at radius 1 is 1.27 bits per heavy atom. The van der Waals surface area contributed by atoms with Gasteiger partial charge in [0.2, 0.25) is 5.91 Å². The number of rotatable bonds is 1. The minimum atomic E-state index is 0. The number of likely N-dealkylation sites (tertiary alicyclic amines) is 1. The molecule has 3 atom stereocenters. The SMILES string of the molecule is Cl.O=C(c1cn2c(n1)CNCC2)N1CC2CC(C1)[C@@H]1CCCC(=O)N1C2. The van der Waals surface area contributed by atoms with E-state index in [2.05, 4.69) is 19.8 Å². The fraction of sp³-hybridized carbons (Fsp3) is 0.722. The van der Waals surface area contributed by atoms with Gasteiger partial charge in [0.05, 0.1) is 6.54 Å². The Balaban J connectivity index is 0.00000168. The van der Waals surface area contributed by atoms with Crippen LogP contribution >= 0.6 is 12.4 Å². The summed E-state index contributed by atoms with van der Waals surface area (Å²) in [6.07, 6.45) is 5.86. The Morgan fingerprint density at radius 3 is 3.00 bits per heavy atom. The molecular weight excluding hydrogens is 354 g/mol. The first kappa shape index (κ1) is 17.8. The molecule has 142 valence electrons. The molecule has 8 heteroatoms. The van der Waals surface area contributed by atoms with Gasteiger partial charge in [0.15, 0.2) is 0 Å². The van der Waals surface area contributed by atoms with E-state index >= 15 is 0 Å². The number of piperidine rings is 3. The lowest BCUT2D eigenvalue weighted by Gasteiger charge is -2.52. The lowest BCUT2D eigenvalue weighted by molar-refractivity contribution is -0.144. The maximum atomic E-state index is 13.0. The van der Waals surface area contributed by atoms with Crippen molar-refractivity contribution >= 4 is 24.2 Å². The molecule has 3 saturated heterocycles. The van der Waals surface area contributed by atoms with Crippen molar-refractivity contribution in [3.05, 3.63) is 17.7 Å². The maximum absolute atomic E-state index is 13.0. The Hall–Kier alpha value is -1.60. The van der Waals surface area contributed by atoms with Crippen LogP contribution in [0.25, 0.3) is 0 Å². The van der Waals surface area contributed by atoms with E-state index < -0.39 is 0 Å². The number of nitrogens with one attached hydrogen (secondary N) is 1. The van der Waals surface area contributed by atoms with Gasteiger partial charge < -0.3 is 19.7 Å². The highest BCUT2D eigenvalue weighted by molar-refractivity contribution is 5.92. The van der Waals surface area contributed by atoms with Gasteiger partial charge in [-0.05, 0) is 31.1 Å². The molecule has 5 rings (SSSR count). The van der Waals surface area contributed by atoms with Crippen molar-refractivity contribution in [1.82, 2.24) is 24.7 Å². The lowest BCUT2D eigenvalue weighted by Crippen LogP contribution is -2.61. The largest absolute Gasteiger partial charge is 0.339 e. The highest BCUT2D eigenvalue weighted by atomic mass is 35.5. The minimum absolute atomic E-state index is 0. The summed E-state index contributed by atoms with van der Waals surface area (Å²) >= 11 is 0. The molecule has 0 aromatic carbocycles. The average molecular weight is 380 g/mol. The first-order valence-corrected chi connectivity index (χ1v) is 9.54. The lowest BCUT2D eigenvalue weighted by atomic mass is 9.76. The van der Waals surface area contributed by atoms with Gasteiger partial charge in [0, 0.05) is 51.4 Å². The van der Waals surface area contributed by atoms with Gasteiger partial charge in [0.25, 0.3) is 5.91 Å². The average Bonchev–Trinajstić information content (AvgIpc) is 3.06. The van der Waals surface area contributed by atoms with Crippen LogP contribution in [0.3, 0.4) is 0 Å². The second-order valence-corrected chi connectivity index (χ2v) is 7.99. The number of aromatic nitrogens is 2. The van der Waals surface area contributed by atoms with Crippen molar-refractivity contribution in [3.63, 3.8) is 0 Å². The topological polar surface area (TPSA) is 70.5 Å². The highest BCUT2D eigenvalue weighted by Gasteiger charge is 2.45. The van der Waals surface area contributed by atoms with Crippen molar-refractivity contribution in [2.24, 2.45) is 11.8 Å². The zero-order chi connectivity index (χ0) is 17.0. The van der Waals surface area contributed by atoms with Crippen molar-refractivity contribution in [1.29, 1.82) is 0 Å². The summed E-state index contributed by atoms with van der Waals surface area (Å²) in [5.41, 5.74) is 0.579. The smallest absolute Gasteiger partial charge is 0.274 e. The van der Waals surface area contributed by atoms with Crippen molar-refractivity contribution in [2.75, 3.05) is 26.2 Å². The molecule has 3 fully saturated rings. The van der Waals surface area contributed by atoms with Crippen LogP contribution in [0.4, 0.5) is 0 Å². The van der Waals surface area contributed by atoms with Gasteiger partial charge in [-0.3, -0.25) is 9.59 Å². The van der Waals surface area contributed by atoms with Crippen LogP contribution in [-0.4, -0.2) is 63.4 Å². The van der Waals surface area contributed by atoms with E-state index in [9.17, 15) is 9.59 Å². The molecule has 26 heavy (non-hydrogen) atoms. The monoisotopic (exact) mass is 379 g/mol. The molecule has 1 aromatic heterocycles. The van der Waals surface area contributed by atoms with Gasteiger partial charge in [-0.15, -0.1) is 12.4 Å². The molecule has 1 N–H and O–H groups in total. The third kappa shape index (κ3) is 2.91. The Kier molecular flexibility index (Phi) is 4.69. The van der Waals surface area contributed by atoms with Crippen LogP contribution in [0.5, 0.6) is 0 Å². The molecule has 5 heterocycles. The standard InChI is InChI=1S/C18H25N5O2.ClH/c24-17-3-1-2-15-13-6-12(9-23(15)17)8-22(10-13)18(25)14-11-21-5-4-19-7-16(21)20-14;/h11-13,15,19H,1-10H2;1H/t12?,13?,15-;/m0./s1. The van der Waals surface area contributed by atoms with Crippen molar-refractivity contribution in [3.8, 4) is 0 Å². The first-order valence-electron chi connectivity index (χ1n) is 9.54. The second-order valence-electron chi connectivity index (χ2n) is 7.99. The Morgan fingerprint density at radius 2 is 2.15 bits per heavy atom. The predicted molar refractivity (Wildman–Crippen MR) is 98.0 cm³/mol. The molecule has 4 aliphatic rings. The van der Waals surface area contributed by atoms with Gasteiger partial charge in [0.1, 0.15) is 11.5 Å². The number of carbonyl (C=O) groups is 2. The van der Waals surface area contributed by atoms with Crippen LogP contribution in [-0.2, 0) is 17.9 Å². The summed E-state index contributed by atoms with van der Waals surface area (Å²) in [5.74, 6) is 2.18. The fourth-order valence-electron chi connectivity index (χ4n) is 5.23. The quantitative estimate of drug-likeness (QED) is 0.786. The molecule has 7 nitrogen and oxygen atoms in total. The summed E-state index contributed by atoms with van der Waals surface area (Å²) < 4.78 is 2.09. The van der Waals surface area contributed by atoms with Gasteiger partial charge in [-0.2, -0.15) is 0 Å². The van der Waals surface area contributed by atoms with Crippen LogP contribution < -0.4 is 5.32 Å². The summed E-state index contributed by atoms with van der Waals surface area (Å²) in [5, 5.41) is 3.29. The molecule has 1 aromatic rings. The van der Waals surface area contributed by atoms with E-state index in [0.29, 0.717) is 35.9 Å². The number of carbonyl (C=O) groups excluding carboxylic acids is 2. The molecule has 0 saturated carbocycles.